The van der Waals surface area contributed by atoms with E-state index in [1.54, 1.807) is 0 Å². The molecule has 0 amide bonds. The molecule has 2 aromatic carbocycles. The third-order valence-corrected chi connectivity index (χ3v) is 3.54. The highest BCUT2D eigenvalue weighted by atomic mass is 19.2. The average molecular weight is 350 g/mol. The van der Waals surface area contributed by atoms with Crippen LogP contribution in [0.3, 0.4) is 0 Å². The van der Waals surface area contributed by atoms with Gasteiger partial charge in [-0.2, -0.15) is 0 Å². The van der Waals surface area contributed by atoms with Crippen LogP contribution in [0.1, 0.15) is 5.56 Å². The van der Waals surface area contributed by atoms with Crippen molar-refractivity contribution in [1.29, 1.82) is 0 Å². The van der Waals surface area contributed by atoms with Crippen LogP contribution in [-0.2, 0) is 6.61 Å². The Balaban J connectivity index is 2.09. The van der Waals surface area contributed by atoms with Crippen molar-refractivity contribution in [3.05, 3.63) is 69.5 Å². The van der Waals surface area contributed by atoms with Crippen molar-refractivity contribution in [2.75, 3.05) is 0 Å². The monoisotopic (exact) mass is 350 g/mol. The molecule has 0 saturated heterocycles. The number of aliphatic hydroxyl groups is 1. The summed E-state index contributed by atoms with van der Waals surface area (Å²) in [6.07, 6.45) is 0. The molecule has 3 rings (SSSR count). The highest BCUT2D eigenvalue weighted by Crippen LogP contribution is 2.34. The van der Waals surface area contributed by atoms with Gasteiger partial charge in [-0.1, -0.05) is 5.16 Å². The highest BCUT2D eigenvalue weighted by Gasteiger charge is 2.21. The Bertz CT molecular complexity index is 932. The number of rotatable bonds is 4. The number of aromatic nitrogens is 1. The van der Waals surface area contributed by atoms with Crippen molar-refractivity contribution in [1.82, 2.24) is 5.16 Å². The zero-order valence-corrected chi connectivity index (χ0v) is 12.4. The van der Waals surface area contributed by atoms with E-state index in [1.165, 1.54) is 24.3 Å². The van der Waals surface area contributed by atoms with Gasteiger partial charge in [0.2, 0.25) is 0 Å². The zero-order valence-electron chi connectivity index (χ0n) is 12.4. The van der Waals surface area contributed by atoms with Gasteiger partial charge in [0.25, 0.3) is 5.69 Å². The molecule has 1 heterocycles. The summed E-state index contributed by atoms with van der Waals surface area (Å²) in [5.41, 5.74) is 0.165. The van der Waals surface area contributed by atoms with Gasteiger partial charge in [-0.3, -0.25) is 10.1 Å². The lowest BCUT2D eigenvalue weighted by molar-refractivity contribution is -0.384. The smallest absolute Gasteiger partial charge is 0.269 e. The maximum atomic E-state index is 13.4. The number of nitro benzene ring substituents is 1. The number of hydrogen-bond acceptors (Lipinski definition) is 5. The van der Waals surface area contributed by atoms with Crippen LogP contribution >= 0.6 is 0 Å². The van der Waals surface area contributed by atoms with Crippen LogP contribution in [0.25, 0.3) is 22.6 Å². The first-order valence-corrected chi connectivity index (χ1v) is 6.91. The van der Waals surface area contributed by atoms with E-state index in [1.807, 2.05) is 0 Å². The Labute approximate surface area is 138 Å². The molecule has 0 fully saturated rings. The van der Waals surface area contributed by atoms with Crippen molar-refractivity contribution in [3.8, 4) is 22.6 Å². The van der Waals surface area contributed by atoms with Crippen molar-refractivity contribution < 1.29 is 27.7 Å². The van der Waals surface area contributed by atoms with E-state index in [0.717, 1.165) is 12.1 Å². The first kappa shape index (κ1) is 16.7. The topological polar surface area (TPSA) is 89.4 Å². The molecular weight excluding hydrogens is 341 g/mol. The molecule has 0 unspecified atom stereocenters. The maximum absolute atomic E-state index is 13.4. The van der Waals surface area contributed by atoms with E-state index in [-0.39, 0.29) is 28.3 Å². The minimum atomic E-state index is -1.62. The number of nitrogens with zero attached hydrogens (tertiary/aromatic N) is 2. The summed E-state index contributed by atoms with van der Waals surface area (Å²) in [6.45, 7) is -0.578. The summed E-state index contributed by atoms with van der Waals surface area (Å²) < 4.78 is 45.0. The fraction of sp³-hybridized carbons (Fsp3) is 0.0625. The fourth-order valence-electron chi connectivity index (χ4n) is 2.34. The number of halogens is 3. The predicted octanol–water partition coefficient (Wildman–Crippen LogP) is 3.83. The van der Waals surface area contributed by atoms with Crippen LogP contribution in [0.4, 0.5) is 18.9 Å². The molecule has 0 aliphatic rings. The van der Waals surface area contributed by atoms with E-state index in [9.17, 15) is 28.4 Å². The quantitative estimate of drug-likeness (QED) is 0.439. The lowest BCUT2D eigenvalue weighted by Gasteiger charge is -2.03. The predicted molar refractivity (Wildman–Crippen MR) is 79.8 cm³/mol. The van der Waals surface area contributed by atoms with Crippen molar-refractivity contribution in [3.63, 3.8) is 0 Å². The number of non-ortho nitro benzene ring substituents is 1. The van der Waals surface area contributed by atoms with Gasteiger partial charge < -0.3 is 9.63 Å². The highest BCUT2D eigenvalue weighted by molar-refractivity contribution is 5.73. The van der Waals surface area contributed by atoms with Gasteiger partial charge in [0.15, 0.2) is 23.2 Å². The van der Waals surface area contributed by atoms with Crippen molar-refractivity contribution in [2.45, 2.75) is 6.61 Å². The molecule has 6 nitrogen and oxygen atoms in total. The van der Waals surface area contributed by atoms with Crippen LogP contribution in [0.15, 0.2) is 40.9 Å². The second kappa shape index (κ2) is 6.36. The van der Waals surface area contributed by atoms with E-state index in [2.05, 4.69) is 5.16 Å². The lowest BCUT2D eigenvalue weighted by atomic mass is 10.0. The van der Waals surface area contributed by atoms with Crippen LogP contribution in [-0.4, -0.2) is 15.2 Å². The number of hydrogen-bond donors (Lipinski definition) is 1. The lowest BCUT2D eigenvalue weighted by Crippen LogP contribution is -1.95. The average Bonchev–Trinajstić information content (AvgIpc) is 3.03. The van der Waals surface area contributed by atoms with Gasteiger partial charge in [-0.15, -0.1) is 0 Å². The summed E-state index contributed by atoms with van der Waals surface area (Å²) in [6, 6.07) is 6.69. The molecule has 0 radical (unpaired) electrons. The molecule has 128 valence electrons. The van der Waals surface area contributed by atoms with Gasteiger partial charge in [0, 0.05) is 23.3 Å². The Morgan fingerprint density at radius 3 is 2.20 bits per heavy atom. The van der Waals surface area contributed by atoms with Crippen molar-refractivity contribution >= 4 is 5.69 Å². The second-order valence-electron chi connectivity index (χ2n) is 5.05. The van der Waals surface area contributed by atoms with Crippen LogP contribution in [0, 0.1) is 27.6 Å². The molecule has 0 spiro atoms. The van der Waals surface area contributed by atoms with Crippen LogP contribution < -0.4 is 0 Å². The molecule has 1 N–H and O–H groups in total. The fourth-order valence-corrected chi connectivity index (χ4v) is 2.34. The van der Waals surface area contributed by atoms with Crippen LogP contribution in [0.2, 0.25) is 0 Å². The molecule has 3 aromatic rings. The first-order valence-electron chi connectivity index (χ1n) is 6.91. The Morgan fingerprint density at radius 2 is 1.68 bits per heavy atom. The third-order valence-electron chi connectivity index (χ3n) is 3.54. The standard InChI is InChI=1S/C16H9F3N2O4/c17-12-5-9(6-13(18)14(12)19)15-11(7-22)16(25-20-15)8-1-3-10(4-2-8)21(23)24/h1-6,22H,7H2. The number of aliphatic hydroxyl groups excluding tert-OH is 1. The number of benzene rings is 2. The first-order chi connectivity index (χ1) is 11.9. The van der Waals surface area contributed by atoms with E-state index in [4.69, 9.17) is 4.52 Å². The minimum absolute atomic E-state index is 0.0614. The molecule has 0 atom stereocenters. The summed E-state index contributed by atoms with van der Waals surface area (Å²) in [4.78, 5) is 10.1. The van der Waals surface area contributed by atoms with Gasteiger partial charge in [-0.25, -0.2) is 13.2 Å². The van der Waals surface area contributed by atoms with Gasteiger partial charge in [-0.05, 0) is 24.3 Å². The number of nitro groups is 1. The summed E-state index contributed by atoms with van der Waals surface area (Å²) >= 11 is 0. The van der Waals surface area contributed by atoms with Gasteiger partial charge >= 0.3 is 0 Å². The van der Waals surface area contributed by atoms with E-state index < -0.39 is 29.0 Å². The summed E-state index contributed by atoms with van der Waals surface area (Å²) in [7, 11) is 0. The molecule has 25 heavy (non-hydrogen) atoms. The molecule has 9 heteroatoms. The normalized spacial score (nSPS) is 10.9. The molecular formula is C16H9F3N2O4. The van der Waals surface area contributed by atoms with Crippen LogP contribution in [0.5, 0.6) is 0 Å². The second-order valence-corrected chi connectivity index (χ2v) is 5.05. The Hall–Kier alpha value is -3.20. The summed E-state index contributed by atoms with van der Waals surface area (Å²) in [5.74, 6) is -4.34. The largest absolute Gasteiger partial charge is 0.391 e. The molecule has 0 saturated carbocycles. The Kier molecular flexibility index (Phi) is 4.24. The van der Waals surface area contributed by atoms with E-state index in [0.29, 0.717) is 5.56 Å². The molecule has 0 bridgehead atoms. The Morgan fingerprint density at radius 1 is 1.08 bits per heavy atom. The molecule has 0 aliphatic carbocycles. The maximum Gasteiger partial charge on any atom is 0.269 e. The molecule has 0 aliphatic heterocycles. The summed E-state index contributed by atoms with van der Waals surface area (Å²) in [5, 5.41) is 23.9. The van der Waals surface area contributed by atoms with Gasteiger partial charge in [0.1, 0.15) is 5.69 Å². The molecule has 1 aromatic heterocycles. The minimum Gasteiger partial charge on any atom is -0.391 e. The van der Waals surface area contributed by atoms with Crippen molar-refractivity contribution in [2.24, 2.45) is 0 Å². The van der Waals surface area contributed by atoms with E-state index >= 15 is 0 Å². The zero-order chi connectivity index (χ0) is 18.1. The third kappa shape index (κ3) is 2.96. The van der Waals surface area contributed by atoms with Gasteiger partial charge in [0.05, 0.1) is 17.1 Å². The SMILES string of the molecule is O=[N+]([O-])c1ccc(-c2onc(-c3cc(F)c(F)c(F)c3)c2CO)cc1.